The summed E-state index contributed by atoms with van der Waals surface area (Å²) in [6.45, 7) is 8.26. The van der Waals surface area contributed by atoms with E-state index in [1.165, 1.54) is 17.0 Å². The molecule has 0 saturated carbocycles. The molecule has 5 unspecified atom stereocenters. The first kappa shape index (κ1) is 44.1. The van der Waals surface area contributed by atoms with Crippen molar-refractivity contribution in [2.24, 2.45) is 11.7 Å². The summed E-state index contributed by atoms with van der Waals surface area (Å²) in [5.41, 5.74) is 7.26. The first-order valence-corrected chi connectivity index (χ1v) is 19.2. The zero-order valence-corrected chi connectivity index (χ0v) is 32.9. The van der Waals surface area contributed by atoms with Crippen LogP contribution in [0.5, 0.6) is 0 Å². The summed E-state index contributed by atoms with van der Waals surface area (Å²) in [6, 6.07) is 7.48. The number of hydrogen-bond donors (Lipinski definition) is 4. The number of hydrogen-bond acceptors (Lipinski definition) is 8. The lowest BCUT2D eigenvalue weighted by Crippen LogP contribution is -2.59. The molecule has 17 heteroatoms. The van der Waals surface area contributed by atoms with Gasteiger partial charge in [-0.05, 0) is 95.0 Å². The molecule has 7 amide bonds. The highest BCUT2D eigenvalue weighted by Gasteiger charge is 2.44. The number of cyclic esters (lactones) is 1. The van der Waals surface area contributed by atoms with Crippen LogP contribution in [0.3, 0.4) is 0 Å². The predicted octanol–water partition coefficient (Wildman–Crippen LogP) is 2.92. The summed E-state index contributed by atoms with van der Waals surface area (Å²) in [5, 5.41) is 7.67. The Bertz CT molecular complexity index is 1740. The Balaban J connectivity index is 0.000000245. The fourth-order valence-electron chi connectivity index (χ4n) is 7.26. The van der Waals surface area contributed by atoms with Gasteiger partial charge in [0.2, 0.25) is 29.5 Å². The normalized spacial score (nSPS) is 24.0. The zero-order valence-electron chi connectivity index (χ0n) is 32.9. The maximum absolute atomic E-state index is 13.4. The second-order valence-corrected chi connectivity index (χ2v) is 14.9. The summed E-state index contributed by atoms with van der Waals surface area (Å²) in [7, 11) is 0. The minimum Gasteiger partial charge on any atom is -0.464 e. The molecular formula is C40H53F2N7O8. The Hall–Kier alpha value is -5.61. The van der Waals surface area contributed by atoms with Gasteiger partial charge in [0.05, 0.1) is 13.0 Å². The van der Waals surface area contributed by atoms with Crippen LogP contribution in [0.4, 0.5) is 19.3 Å². The average Bonchev–Trinajstić information content (AvgIpc) is 3.81. The van der Waals surface area contributed by atoms with Gasteiger partial charge in [-0.3, -0.25) is 24.0 Å². The molecule has 0 aliphatic carbocycles. The molecule has 5 N–H and O–H groups in total. The lowest BCUT2D eigenvalue weighted by atomic mass is 9.99. The van der Waals surface area contributed by atoms with Crippen LogP contribution in [-0.2, 0) is 33.5 Å². The molecule has 4 heterocycles. The number of nitrogens with zero attached hydrogens (tertiary/aromatic N) is 3. The molecule has 6 rings (SSSR count). The van der Waals surface area contributed by atoms with E-state index in [0.29, 0.717) is 56.6 Å². The zero-order chi connectivity index (χ0) is 41.8. The van der Waals surface area contributed by atoms with Crippen LogP contribution in [0, 0.1) is 31.4 Å². The van der Waals surface area contributed by atoms with Crippen molar-refractivity contribution >= 4 is 47.2 Å². The van der Waals surface area contributed by atoms with Gasteiger partial charge in [0, 0.05) is 31.4 Å². The number of aryl methyl sites for hydroxylation is 2. The molecule has 2 aromatic carbocycles. The average molecular weight is 798 g/mol. The summed E-state index contributed by atoms with van der Waals surface area (Å²) in [6.07, 6.45) is 3.88. The Labute approximate surface area is 331 Å². The van der Waals surface area contributed by atoms with Crippen molar-refractivity contribution in [1.82, 2.24) is 25.3 Å². The first-order valence-electron chi connectivity index (χ1n) is 19.2. The highest BCUT2D eigenvalue weighted by atomic mass is 19.1. The predicted molar refractivity (Wildman–Crippen MR) is 205 cm³/mol. The van der Waals surface area contributed by atoms with E-state index in [9.17, 15) is 42.3 Å². The van der Waals surface area contributed by atoms with Gasteiger partial charge >= 0.3 is 12.0 Å². The number of carbonyl (C=O) groups excluding carboxylic acids is 7. The molecule has 0 spiro atoms. The van der Waals surface area contributed by atoms with Crippen molar-refractivity contribution in [2.45, 2.75) is 96.8 Å². The Morgan fingerprint density at radius 3 is 2.12 bits per heavy atom. The number of amides is 7. The molecule has 4 fully saturated rings. The molecule has 0 aromatic heterocycles. The van der Waals surface area contributed by atoms with Crippen LogP contribution in [0.1, 0.15) is 69.9 Å². The molecule has 5 atom stereocenters. The van der Waals surface area contributed by atoms with Crippen molar-refractivity contribution in [3.8, 4) is 0 Å². The number of esters is 1. The molecular weight excluding hydrogens is 744 g/mol. The lowest BCUT2D eigenvalue weighted by Gasteiger charge is -2.38. The number of rotatable bonds is 3. The van der Waals surface area contributed by atoms with Crippen LogP contribution >= 0.6 is 0 Å². The molecule has 310 valence electrons. The van der Waals surface area contributed by atoms with Gasteiger partial charge in [0.1, 0.15) is 42.4 Å². The Morgan fingerprint density at radius 2 is 1.47 bits per heavy atom. The molecule has 4 saturated heterocycles. The SMILES string of the molecule is CC1CC2C(=O)OCCC(=O)N3CCCC3C(=O)N3CCCCC3C(=O)NC(C)C(=O)N2C1.Cc1cc(F)cc(F)c1.Cc1ccc(NC(=O)NCC(N)=O)cc1. The molecule has 0 bridgehead atoms. The molecule has 2 aromatic rings. The van der Waals surface area contributed by atoms with Gasteiger partial charge in [-0.15, -0.1) is 0 Å². The number of fused-ring (bicyclic) bond motifs is 3. The van der Waals surface area contributed by atoms with Crippen molar-refractivity contribution in [2.75, 3.05) is 38.1 Å². The number of anilines is 1. The van der Waals surface area contributed by atoms with Crippen molar-refractivity contribution < 1.29 is 47.1 Å². The molecule has 4 aliphatic rings. The maximum Gasteiger partial charge on any atom is 0.328 e. The maximum atomic E-state index is 13.4. The van der Waals surface area contributed by atoms with E-state index in [2.05, 4.69) is 16.0 Å². The topological polar surface area (TPSA) is 201 Å². The van der Waals surface area contributed by atoms with Gasteiger partial charge in [-0.2, -0.15) is 0 Å². The second kappa shape index (κ2) is 20.5. The third-order valence-electron chi connectivity index (χ3n) is 10.0. The summed E-state index contributed by atoms with van der Waals surface area (Å²) >= 11 is 0. The van der Waals surface area contributed by atoms with Gasteiger partial charge in [-0.1, -0.05) is 24.6 Å². The monoisotopic (exact) mass is 797 g/mol. The second-order valence-electron chi connectivity index (χ2n) is 14.9. The van der Waals surface area contributed by atoms with Gasteiger partial charge in [0.25, 0.3) is 0 Å². The third kappa shape index (κ3) is 12.7. The number of piperidine rings is 1. The van der Waals surface area contributed by atoms with E-state index in [0.717, 1.165) is 24.5 Å². The third-order valence-corrected chi connectivity index (χ3v) is 10.0. The number of halogens is 2. The summed E-state index contributed by atoms with van der Waals surface area (Å²) in [4.78, 5) is 91.5. The quantitative estimate of drug-likeness (QED) is 0.340. The van der Waals surface area contributed by atoms with E-state index >= 15 is 0 Å². The number of benzene rings is 2. The van der Waals surface area contributed by atoms with Crippen molar-refractivity contribution in [1.29, 1.82) is 0 Å². The standard InChI is InChI=1S/C23H34N4O6.C10H13N3O2.C7H6F2/c1-14-12-18-23(32)33-11-8-19(28)25-10-5-7-17(25)22(31)26-9-4-3-6-16(26)20(29)24-15(2)21(30)27(18)13-14;1-7-2-4-8(5-3-7)13-10(15)12-6-9(11)14;1-5-2-6(8)4-7(9)3-5/h14-18H,3-13H2,1-2H3,(H,24,29);2-5H,6H2,1H3,(H2,11,14)(H2,12,13,15);2-4H,1H3. The Kier molecular flexibility index (Phi) is 15.9. The highest BCUT2D eigenvalue weighted by molar-refractivity contribution is 5.96. The van der Waals surface area contributed by atoms with Crippen LogP contribution in [0.25, 0.3) is 0 Å². The van der Waals surface area contributed by atoms with E-state index in [1.54, 1.807) is 35.8 Å². The summed E-state index contributed by atoms with van der Waals surface area (Å²) < 4.78 is 29.8. The fourth-order valence-corrected chi connectivity index (χ4v) is 7.26. The largest absolute Gasteiger partial charge is 0.464 e. The summed E-state index contributed by atoms with van der Waals surface area (Å²) in [5.74, 6) is -3.17. The number of urea groups is 1. The van der Waals surface area contributed by atoms with Crippen molar-refractivity contribution in [3.05, 3.63) is 65.2 Å². The van der Waals surface area contributed by atoms with Crippen LogP contribution in [0.15, 0.2) is 42.5 Å². The number of nitrogens with one attached hydrogen (secondary N) is 3. The van der Waals surface area contributed by atoms with Gasteiger partial charge < -0.3 is 41.1 Å². The minimum atomic E-state index is -0.825. The molecule has 57 heavy (non-hydrogen) atoms. The number of carbonyl (C=O) groups is 7. The minimum absolute atomic E-state index is 0.00788. The van der Waals surface area contributed by atoms with Crippen LogP contribution in [0.2, 0.25) is 0 Å². The van der Waals surface area contributed by atoms with Gasteiger partial charge in [0.15, 0.2) is 0 Å². The highest BCUT2D eigenvalue weighted by Crippen LogP contribution is 2.27. The lowest BCUT2D eigenvalue weighted by molar-refractivity contribution is -0.156. The van der Waals surface area contributed by atoms with Crippen LogP contribution < -0.4 is 21.7 Å². The van der Waals surface area contributed by atoms with E-state index in [-0.39, 0.29) is 49.1 Å². The first-order chi connectivity index (χ1) is 27.0. The number of primary amides is 1. The number of ether oxygens (including phenoxy) is 1. The fraction of sp³-hybridized carbons (Fsp3) is 0.525. The van der Waals surface area contributed by atoms with Crippen molar-refractivity contribution in [3.63, 3.8) is 0 Å². The molecule has 15 nitrogen and oxygen atoms in total. The van der Waals surface area contributed by atoms with E-state index in [4.69, 9.17) is 10.5 Å². The van der Waals surface area contributed by atoms with E-state index in [1.807, 2.05) is 26.0 Å². The van der Waals surface area contributed by atoms with E-state index < -0.39 is 53.7 Å². The smallest absolute Gasteiger partial charge is 0.328 e. The Morgan fingerprint density at radius 1 is 0.825 bits per heavy atom. The number of nitrogens with two attached hydrogens (primary N) is 1. The van der Waals surface area contributed by atoms with Crippen LogP contribution in [-0.4, -0.2) is 113 Å². The molecule has 0 radical (unpaired) electrons. The van der Waals surface area contributed by atoms with Gasteiger partial charge in [-0.25, -0.2) is 18.4 Å². The molecule has 4 aliphatic heterocycles.